The number of fused-ring (bicyclic) bond motifs is 1. The van der Waals surface area contributed by atoms with E-state index in [4.69, 9.17) is 4.74 Å². The van der Waals surface area contributed by atoms with E-state index in [1.165, 1.54) is 18.2 Å². The second kappa shape index (κ2) is 6.72. The molecule has 0 bridgehead atoms. The lowest BCUT2D eigenvalue weighted by atomic mass is 10.1. The number of nitrogens with one attached hydrogen (secondary N) is 1. The molecule has 132 valence electrons. The van der Waals surface area contributed by atoms with Crippen LogP contribution in [0.3, 0.4) is 0 Å². The van der Waals surface area contributed by atoms with Crippen molar-refractivity contribution in [2.45, 2.75) is 0 Å². The molecule has 0 aromatic heterocycles. The zero-order valence-corrected chi connectivity index (χ0v) is 14.0. The van der Waals surface area contributed by atoms with Gasteiger partial charge in [0.2, 0.25) is 0 Å². The van der Waals surface area contributed by atoms with Gasteiger partial charge in [-0.05, 0) is 30.3 Å². The number of benzene rings is 3. The number of nitro groups is 1. The second-order valence-electron chi connectivity index (χ2n) is 5.81. The van der Waals surface area contributed by atoms with Gasteiger partial charge in [-0.1, -0.05) is 24.3 Å². The van der Waals surface area contributed by atoms with E-state index < -0.39 is 10.8 Å². The molecule has 0 spiro atoms. The lowest BCUT2D eigenvalue weighted by Gasteiger charge is -2.06. The predicted octanol–water partition coefficient (Wildman–Crippen LogP) is 4.46. The van der Waals surface area contributed by atoms with Crippen molar-refractivity contribution < 1.29 is 14.5 Å². The van der Waals surface area contributed by atoms with Crippen LogP contribution in [0.1, 0.15) is 5.56 Å². The molecule has 3 aromatic rings. The summed E-state index contributed by atoms with van der Waals surface area (Å²) < 4.78 is 5.77. The Bertz CT molecular complexity index is 1080. The van der Waals surface area contributed by atoms with Gasteiger partial charge in [0, 0.05) is 23.8 Å². The van der Waals surface area contributed by atoms with E-state index in [0.29, 0.717) is 28.4 Å². The van der Waals surface area contributed by atoms with Crippen LogP contribution in [0, 0.1) is 10.1 Å². The Labute approximate surface area is 154 Å². The molecule has 4 rings (SSSR count). The molecule has 7 heteroatoms. The average Bonchev–Trinajstić information content (AvgIpc) is 2.97. The summed E-state index contributed by atoms with van der Waals surface area (Å²) in [5.74, 6) is 0.850. The molecular formula is C20H13N3O4. The molecule has 0 aliphatic carbocycles. The molecule has 0 unspecified atom stereocenters. The zero-order valence-electron chi connectivity index (χ0n) is 14.0. The van der Waals surface area contributed by atoms with Gasteiger partial charge in [0.05, 0.1) is 16.3 Å². The molecule has 0 fully saturated rings. The largest absolute Gasteiger partial charge is 0.457 e. The summed E-state index contributed by atoms with van der Waals surface area (Å²) >= 11 is 0. The van der Waals surface area contributed by atoms with Gasteiger partial charge in [0.25, 0.3) is 11.6 Å². The number of amides is 1. The van der Waals surface area contributed by atoms with Gasteiger partial charge in [0.1, 0.15) is 17.2 Å². The van der Waals surface area contributed by atoms with E-state index in [-0.39, 0.29) is 11.4 Å². The summed E-state index contributed by atoms with van der Waals surface area (Å²) in [5.41, 5.74) is 1.45. The number of nitro benzene ring substituents is 1. The zero-order chi connectivity index (χ0) is 18.8. The summed E-state index contributed by atoms with van der Waals surface area (Å²) in [6, 6.07) is 20.5. The van der Waals surface area contributed by atoms with Crippen LogP contribution in [-0.2, 0) is 4.79 Å². The topological polar surface area (TPSA) is 93.8 Å². The number of para-hydroxylation sites is 1. The molecule has 0 saturated heterocycles. The second-order valence-corrected chi connectivity index (χ2v) is 5.81. The molecule has 1 aliphatic heterocycles. The Morgan fingerprint density at radius 1 is 0.926 bits per heavy atom. The van der Waals surface area contributed by atoms with Crippen LogP contribution in [0.15, 0.2) is 77.8 Å². The maximum Gasteiger partial charge on any atom is 0.275 e. The van der Waals surface area contributed by atoms with Gasteiger partial charge in [-0.3, -0.25) is 14.9 Å². The highest BCUT2D eigenvalue weighted by Crippen LogP contribution is 2.31. The maximum atomic E-state index is 12.2. The van der Waals surface area contributed by atoms with E-state index in [1.807, 2.05) is 30.3 Å². The third-order valence-electron chi connectivity index (χ3n) is 3.97. The van der Waals surface area contributed by atoms with Gasteiger partial charge in [0.15, 0.2) is 0 Å². The molecule has 3 aromatic carbocycles. The number of anilines is 1. The molecule has 0 saturated carbocycles. The first kappa shape index (κ1) is 16.5. The lowest BCUT2D eigenvalue weighted by molar-refractivity contribution is -0.384. The fraction of sp³-hybridized carbons (Fsp3) is 0. The third-order valence-corrected chi connectivity index (χ3v) is 3.97. The number of hydrogen-bond donors (Lipinski definition) is 1. The summed E-state index contributed by atoms with van der Waals surface area (Å²) in [6.07, 6.45) is 0. The lowest BCUT2D eigenvalue weighted by Crippen LogP contribution is -2.13. The molecule has 1 amide bonds. The van der Waals surface area contributed by atoms with Crippen molar-refractivity contribution in [3.63, 3.8) is 0 Å². The maximum absolute atomic E-state index is 12.2. The Morgan fingerprint density at radius 3 is 2.48 bits per heavy atom. The number of hydrogen-bond acceptors (Lipinski definition) is 5. The smallest absolute Gasteiger partial charge is 0.275 e. The first-order chi connectivity index (χ1) is 13.1. The van der Waals surface area contributed by atoms with Gasteiger partial charge in [-0.15, -0.1) is 0 Å². The van der Waals surface area contributed by atoms with Crippen LogP contribution in [0.5, 0.6) is 11.5 Å². The normalized spacial score (nSPS) is 13.9. The Kier molecular flexibility index (Phi) is 4.10. The molecular weight excluding hydrogens is 346 g/mol. The first-order valence-corrected chi connectivity index (χ1v) is 8.12. The molecule has 27 heavy (non-hydrogen) atoms. The van der Waals surface area contributed by atoms with Crippen LogP contribution in [0.2, 0.25) is 0 Å². The summed E-state index contributed by atoms with van der Waals surface area (Å²) in [6.45, 7) is 0. The highest BCUT2D eigenvalue weighted by atomic mass is 16.6. The Balaban J connectivity index is 1.68. The van der Waals surface area contributed by atoms with Gasteiger partial charge in [-0.25, -0.2) is 4.99 Å². The van der Waals surface area contributed by atoms with Gasteiger partial charge < -0.3 is 10.1 Å². The van der Waals surface area contributed by atoms with Crippen molar-refractivity contribution in [1.29, 1.82) is 0 Å². The van der Waals surface area contributed by atoms with Crippen LogP contribution in [0.4, 0.5) is 17.1 Å². The molecule has 7 nitrogen and oxygen atoms in total. The molecule has 0 radical (unpaired) electrons. The van der Waals surface area contributed by atoms with Crippen LogP contribution in [0.25, 0.3) is 0 Å². The van der Waals surface area contributed by atoms with Crippen molar-refractivity contribution in [3.05, 3.63) is 88.5 Å². The number of non-ortho nitro benzene ring substituents is 1. The minimum Gasteiger partial charge on any atom is -0.457 e. The number of aliphatic imine (C=N–C) groups is 1. The van der Waals surface area contributed by atoms with E-state index >= 15 is 0 Å². The van der Waals surface area contributed by atoms with Gasteiger partial charge >= 0.3 is 0 Å². The standard InChI is InChI=1S/C20H13N3O4/c24-20-19(17-12-14(23(25)26)9-10-18(17)22-20)21-13-5-4-8-16(11-13)27-15-6-2-1-3-7-15/h1-12H,(H,21,22,24). The van der Waals surface area contributed by atoms with Gasteiger partial charge in [-0.2, -0.15) is 0 Å². The van der Waals surface area contributed by atoms with Crippen molar-refractivity contribution >= 4 is 28.7 Å². The number of carbonyl (C=O) groups excluding carboxylic acids is 1. The number of carbonyl (C=O) groups is 1. The van der Waals surface area contributed by atoms with E-state index in [1.54, 1.807) is 24.3 Å². The molecule has 1 heterocycles. The highest BCUT2D eigenvalue weighted by molar-refractivity contribution is 6.54. The molecule has 0 atom stereocenters. The van der Waals surface area contributed by atoms with E-state index in [0.717, 1.165) is 0 Å². The first-order valence-electron chi connectivity index (χ1n) is 8.12. The van der Waals surface area contributed by atoms with Crippen LogP contribution in [-0.4, -0.2) is 16.5 Å². The third kappa shape index (κ3) is 3.38. The van der Waals surface area contributed by atoms with Crippen molar-refractivity contribution in [1.82, 2.24) is 0 Å². The Hall–Kier alpha value is -4.00. The quantitative estimate of drug-likeness (QED) is 0.550. The monoisotopic (exact) mass is 359 g/mol. The van der Waals surface area contributed by atoms with E-state index in [2.05, 4.69) is 10.3 Å². The number of nitrogens with zero attached hydrogens (tertiary/aromatic N) is 2. The minimum atomic E-state index is -0.505. The number of ether oxygens (including phenoxy) is 1. The summed E-state index contributed by atoms with van der Waals surface area (Å²) in [4.78, 5) is 27.1. The van der Waals surface area contributed by atoms with Crippen LogP contribution < -0.4 is 10.1 Å². The SMILES string of the molecule is O=C1Nc2ccc([N+](=O)[O-])cc2C1=Nc1cccc(Oc2ccccc2)c1. The van der Waals surface area contributed by atoms with Crippen molar-refractivity contribution in [2.75, 3.05) is 5.32 Å². The fourth-order valence-corrected chi connectivity index (χ4v) is 2.74. The van der Waals surface area contributed by atoms with Crippen molar-refractivity contribution in [3.8, 4) is 11.5 Å². The average molecular weight is 359 g/mol. The van der Waals surface area contributed by atoms with Crippen molar-refractivity contribution in [2.24, 2.45) is 4.99 Å². The van der Waals surface area contributed by atoms with E-state index in [9.17, 15) is 14.9 Å². The van der Waals surface area contributed by atoms with Crippen LogP contribution >= 0.6 is 0 Å². The number of rotatable bonds is 4. The molecule has 1 N–H and O–H groups in total. The Morgan fingerprint density at radius 2 is 1.70 bits per heavy atom. The highest BCUT2D eigenvalue weighted by Gasteiger charge is 2.28. The minimum absolute atomic E-state index is 0.0980. The molecule has 1 aliphatic rings. The summed E-state index contributed by atoms with van der Waals surface area (Å²) in [5, 5.41) is 13.7. The summed E-state index contributed by atoms with van der Waals surface area (Å²) in [7, 11) is 0. The fourth-order valence-electron chi connectivity index (χ4n) is 2.74. The predicted molar refractivity (Wildman–Crippen MR) is 101 cm³/mol.